The van der Waals surface area contributed by atoms with Gasteiger partial charge < -0.3 is 5.11 Å². The molecule has 21 heavy (non-hydrogen) atoms. The van der Waals surface area contributed by atoms with Crippen molar-refractivity contribution in [3.63, 3.8) is 0 Å². The van der Waals surface area contributed by atoms with Crippen molar-refractivity contribution in [2.24, 2.45) is 0 Å². The van der Waals surface area contributed by atoms with Crippen LogP contribution in [0, 0.1) is 0 Å². The van der Waals surface area contributed by atoms with Gasteiger partial charge in [0.25, 0.3) is 0 Å². The van der Waals surface area contributed by atoms with Crippen LogP contribution in [0.4, 0.5) is 0 Å². The minimum atomic E-state index is -0.487. The van der Waals surface area contributed by atoms with E-state index >= 15 is 0 Å². The molecule has 1 atom stereocenters. The summed E-state index contributed by atoms with van der Waals surface area (Å²) in [5.41, 5.74) is 0.946. The predicted molar refractivity (Wildman–Crippen MR) is 82.6 cm³/mol. The molecule has 8 heteroatoms. The highest BCUT2D eigenvalue weighted by Gasteiger charge is 2.15. The van der Waals surface area contributed by atoms with Crippen LogP contribution >= 0.6 is 22.9 Å². The Morgan fingerprint density at radius 3 is 3.10 bits per heavy atom. The highest BCUT2D eigenvalue weighted by Crippen LogP contribution is 2.22. The number of aromatic nitrogens is 4. The Kier molecular flexibility index (Phi) is 4.25. The fraction of sp³-hybridized carbons (Fsp3) is 0.385. The molecule has 0 aliphatic heterocycles. The highest BCUT2D eigenvalue weighted by molar-refractivity contribution is 7.15. The Bertz CT molecular complexity index is 707. The van der Waals surface area contributed by atoms with E-state index in [2.05, 4.69) is 10.1 Å². The lowest BCUT2D eigenvalue weighted by molar-refractivity contribution is 0.103. The molecule has 0 aliphatic rings. The zero-order valence-electron chi connectivity index (χ0n) is 11.6. The van der Waals surface area contributed by atoms with Gasteiger partial charge in [0.15, 0.2) is 10.1 Å². The first-order valence-electron chi connectivity index (χ1n) is 6.57. The van der Waals surface area contributed by atoms with Crippen LogP contribution in [-0.2, 0) is 13.1 Å². The number of hydrogen-bond acceptors (Lipinski definition) is 5. The summed E-state index contributed by atoms with van der Waals surface area (Å²) >= 11 is 7.73. The molecule has 0 saturated heterocycles. The number of halogens is 1. The van der Waals surface area contributed by atoms with Crippen LogP contribution in [0.25, 0.3) is 4.96 Å². The molecule has 0 spiro atoms. The van der Waals surface area contributed by atoms with Crippen LogP contribution in [0.1, 0.15) is 5.69 Å². The normalized spacial score (nSPS) is 13.3. The van der Waals surface area contributed by atoms with Crippen LogP contribution in [0.15, 0.2) is 30.0 Å². The van der Waals surface area contributed by atoms with Crippen molar-refractivity contribution < 1.29 is 5.11 Å². The van der Waals surface area contributed by atoms with E-state index in [4.69, 9.17) is 11.6 Å². The van der Waals surface area contributed by atoms with E-state index in [1.807, 2.05) is 40.2 Å². The molecule has 112 valence electrons. The summed E-state index contributed by atoms with van der Waals surface area (Å²) in [6.07, 6.45) is 5.02. The number of nitrogens with zero attached hydrogens (tertiary/aromatic N) is 5. The van der Waals surface area contributed by atoms with E-state index in [0.717, 1.165) is 10.7 Å². The lowest BCUT2D eigenvalue weighted by Gasteiger charge is -2.20. The summed E-state index contributed by atoms with van der Waals surface area (Å²) in [4.78, 5) is 7.23. The third kappa shape index (κ3) is 3.26. The van der Waals surface area contributed by atoms with Crippen LogP contribution in [-0.4, -0.2) is 48.9 Å². The molecule has 3 aromatic heterocycles. The lowest BCUT2D eigenvalue weighted by Crippen LogP contribution is -2.32. The Balaban J connectivity index is 1.62. The third-order valence-corrected chi connectivity index (χ3v) is 4.27. The number of imidazole rings is 1. The summed E-state index contributed by atoms with van der Waals surface area (Å²) in [5.74, 6) is 0. The largest absolute Gasteiger partial charge is 0.390 e. The van der Waals surface area contributed by atoms with Crippen molar-refractivity contribution in [2.45, 2.75) is 19.2 Å². The topological polar surface area (TPSA) is 58.6 Å². The van der Waals surface area contributed by atoms with Crippen molar-refractivity contribution in [1.82, 2.24) is 24.1 Å². The third-order valence-electron chi connectivity index (χ3n) is 3.21. The molecule has 6 nitrogen and oxygen atoms in total. The van der Waals surface area contributed by atoms with Crippen LogP contribution < -0.4 is 0 Å². The van der Waals surface area contributed by atoms with Gasteiger partial charge in [-0.2, -0.15) is 5.10 Å². The maximum atomic E-state index is 10.1. The number of thiazole rings is 1. The standard InChI is InChI=1S/C13H16ClN5OS/c1-17(7-10(20)8-18-4-2-3-15-18)9-11-12(14)16-13-19(11)5-6-21-13/h2-6,10,20H,7-9H2,1H3. The predicted octanol–water partition coefficient (Wildman–Crippen LogP) is 1.74. The molecule has 3 rings (SSSR count). The van der Waals surface area contributed by atoms with Gasteiger partial charge in [-0.3, -0.25) is 14.0 Å². The minimum absolute atomic E-state index is 0.478. The molecule has 0 radical (unpaired) electrons. The molecule has 1 N–H and O–H groups in total. The van der Waals surface area contributed by atoms with Gasteiger partial charge in [0.05, 0.1) is 18.3 Å². The van der Waals surface area contributed by atoms with Gasteiger partial charge >= 0.3 is 0 Å². The number of aliphatic hydroxyl groups excluding tert-OH is 1. The lowest BCUT2D eigenvalue weighted by atomic mass is 10.3. The number of aliphatic hydroxyl groups is 1. The average Bonchev–Trinajstić information content (AvgIpc) is 3.11. The number of hydrogen-bond donors (Lipinski definition) is 1. The van der Waals surface area contributed by atoms with E-state index in [1.165, 1.54) is 0 Å². The van der Waals surface area contributed by atoms with E-state index < -0.39 is 6.10 Å². The van der Waals surface area contributed by atoms with E-state index in [9.17, 15) is 5.11 Å². The molecule has 0 fully saturated rings. The van der Waals surface area contributed by atoms with Crippen molar-refractivity contribution in [1.29, 1.82) is 0 Å². The van der Waals surface area contributed by atoms with Gasteiger partial charge in [0.1, 0.15) is 0 Å². The average molecular weight is 326 g/mol. The first-order chi connectivity index (χ1) is 10.1. The summed E-state index contributed by atoms with van der Waals surface area (Å²) in [6, 6.07) is 1.84. The molecule has 0 aliphatic carbocycles. The van der Waals surface area contributed by atoms with E-state index in [-0.39, 0.29) is 0 Å². The van der Waals surface area contributed by atoms with Crippen molar-refractivity contribution in [2.75, 3.05) is 13.6 Å². The fourth-order valence-electron chi connectivity index (χ4n) is 2.31. The van der Waals surface area contributed by atoms with Crippen LogP contribution in [0.3, 0.4) is 0 Å². The molecule has 3 aromatic rings. The zero-order chi connectivity index (χ0) is 14.8. The Labute approximate surface area is 131 Å². The summed E-state index contributed by atoms with van der Waals surface area (Å²) in [6.45, 7) is 1.64. The van der Waals surface area contributed by atoms with Gasteiger partial charge in [-0.25, -0.2) is 4.98 Å². The molecular formula is C13H16ClN5OS. The molecule has 3 heterocycles. The van der Waals surface area contributed by atoms with Gasteiger partial charge in [-0.1, -0.05) is 11.6 Å². The Morgan fingerprint density at radius 2 is 2.33 bits per heavy atom. The van der Waals surface area contributed by atoms with Crippen molar-refractivity contribution >= 4 is 27.9 Å². The second-order valence-electron chi connectivity index (χ2n) is 4.98. The smallest absolute Gasteiger partial charge is 0.195 e. The zero-order valence-corrected chi connectivity index (χ0v) is 13.1. The molecular weight excluding hydrogens is 310 g/mol. The second-order valence-corrected chi connectivity index (χ2v) is 6.21. The number of likely N-dealkylation sites (N-methyl/N-ethyl adjacent to an activating group) is 1. The van der Waals surface area contributed by atoms with Crippen LogP contribution in [0.5, 0.6) is 0 Å². The van der Waals surface area contributed by atoms with Gasteiger partial charge in [0, 0.05) is 37.1 Å². The molecule has 0 amide bonds. The monoisotopic (exact) mass is 325 g/mol. The SMILES string of the molecule is CN(Cc1c(Cl)nc2sccn12)CC(O)Cn1cccn1. The molecule has 0 aromatic carbocycles. The minimum Gasteiger partial charge on any atom is -0.390 e. The highest BCUT2D eigenvalue weighted by atomic mass is 35.5. The number of rotatable bonds is 6. The van der Waals surface area contributed by atoms with Crippen molar-refractivity contribution in [3.8, 4) is 0 Å². The fourth-order valence-corrected chi connectivity index (χ4v) is 3.32. The van der Waals surface area contributed by atoms with Gasteiger partial charge in [-0.05, 0) is 13.1 Å². The molecule has 1 unspecified atom stereocenters. The summed E-state index contributed by atoms with van der Waals surface area (Å²) in [7, 11) is 1.95. The first-order valence-corrected chi connectivity index (χ1v) is 7.83. The molecule has 0 saturated carbocycles. The second kappa shape index (κ2) is 6.15. The maximum Gasteiger partial charge on any atom is 0.195 e. The maximum absolute atomic E-state index is 10.1. The first kappa shape index (κ1) is 14.5. The quantitative estimate of drug-likeness (QED) is 0.750. The Hall–Kier alpha value is -1.41. The van der Waals surface area contributed by atoms with Crippen molar-refractivity contribution in [3.05, 3.63) is 40.9 Å². The van der Waals surface area contributed by atoms with E-state index in [1.54, 1.807) is 22.2 Å². The molecule has 0 bridgehead atoms. The van der Waals surface area contributed by atoms with Crippen LogP contribution in [0.2, 0.25) is 5.15 Å². The summed E-state index contributed by atoms with van der Waals surface area (Å²) in [5, 5.41) is 16.7. The van der Waals surface area contributed by atoms with Gasteiger partial charge in [-0.15, -0.1) is 11.3 Å². The van der Waals surface area contributed by atoms with E-state index in [0.29, 0.717) is 24.8 Å². The number of fused-ring (bicyclic) bond motifs is 1. The van der Waals surface area contributed by atoms with Gasteiger partial charge in [0.2, 0.25) is 0 Å². The summed E-state index contributed by atoms with van der Waals surface area (Å²) < 4.78 is 3.71. The Morgan fingerprint density at radius 1 is 1.48 bits per heavy atom.